The lowest BCUT2D eigenvalue weighted by molar-refractivity contribution is 0.373. The summed E-state index contributed by atoms with van der Waals surface area (Å²) >= 11 is 0. The molecule has 56 valence electrons. The fourth-order valence-corrected chi connectivity index (χ4v) is 2.43. The van der Waals surface area contributed by atoms with Gasteiger partial charge in [0.25, 0.3) is 0 Å². The monoisotopic (exact) mass is 145 g/mol. The summed E-state index contributed by atoms with van der Waals surface area (Å²) in [5, 5.41) is 0. The number of hydrogen-bond acceptors (Lipinski definition) is 1. The molecule has 1 nitrogen and oxygen atoms in total. The van der Waals surface area contributed by atoms with Gasteiger partial charge in [-0.15, -0.1) is 0 Å². The van der Waals surface area contributed by atoms with Crippen LogP contribution in [0, 0.1) is 0 Å². The van der Waals surface area contributed by atoms with Crippen LogP contribution in [0.4, 0.5) is 0 Å². The molecule has 2 heteroatoms. The Morgan fingerprint density at radius 2 is 2.00 bits per heavy atom. The highest BCUT2D eigenvalue weighted by Crippen LogP contribution is 1.95. The van der Waals surface area contributed by atoms with Gasteiger partial charge in [0.1, 0.15) is 0 Å². The van der Waals surface area contributed by atoms with Gasteiger partial charge >= 0.3 is 0 Å². The smallest absolute Gasteiger partial charge is 0.0923 e. The van der Waals surface area contributed by atoms with Crippen LogP contribution in [0.1, 0.15) is 27.2 Å². The van der Waals surface area contributed by atoms with Crippen molar-refractivity contribution in [3.8, 4) is 0 Å². The van der Waals surface area contributed by atoms with Crippen molar-refractivity contribution in [1.82, 2.24) is 4.57 Å². The van der Waals surface area contributed by atoms with E-state index in [4.69, 9.17) is 0 Å². The Bertz CT molecular complexity index is 63.9. The van der Waals surface area contributed by atoms with Gasteiger partial charge in [-0.25, -0.2) is 0 Å². The van der Waals surface area contributed by atoms with Crippen molar-refractivity contribution in [2.24, 2.45) is 0 Å². The van der Waals surface area contributed by atoms with E-state index < -0.39 is 0 Å². The largest absolute Gasteiger partial charge is 0.327 e. The zero-order valence-electron chi connectivity index (χ0n) is 7.15. The summed E-state index contributed by atoms with van der Waals surface area (Å²) < 4.78 is 2.61. The fourth-order valence-electron chi connectivity index (χ4n) is 1.07. The molecule has 0 amide bonds. The van der Waals surface area contributed by atoms with Gasteiger partial charge in [-0.1, -0.05) is 27.3 Å². The summed E-state index contributed by atoms with van der Waals surface area (Å²) in [4.78, 5) is 0. The summed E-state index contributed by atoms with van der Waals surface area (Å²) in [6, 6.07) is 0.779. The van der Waals surface area contributed by atoms with Gasteiger partial charge in [0.15, 0.2) is 0 Å². The number of rotatable bonds is 4. The van der Waals surface area contributed by atoms with Crippen molar-refractivity contribution in [1.29, 1.82) is 0 Å². The third-order valence-electron chi connectivity index (χ3n) is 1.65. The van der Waals surface area contributed by atoms with Gasteiger partial charge in [-0.2, -0.15) is 0 Å². The molecule has 9 heavy (non-hydrogen) atoms. The van der Waals surface area contributed by atoms with Crippen molar-refractivity contribution < 1.29 is 0 Å². The predicted octanol–water partition coefficient (Wildman–Crippen LogP) is 1.24. The molecule has 0 aromatic carbocycles. The lowest BCUT2D eigenvalue weighted by Crippen LogP contribution is -2.33. The van der Waals surface area contributed by atoms with Gasteiger partial charge < -0.3 is 4.57 Å². The van der Waals surface area contributed by atoms with Crippen molar-refractivity contribution in [3.63, 3.8) is 0 Å². The van der Waals surface area contributed by atoms with Gasteiger partial charge in [0, 0.05) is 0 Å². The first-order valence-corrected chi connectivity index (χ1v) is 6.01. The first-order chi connectivity index (χ1) is 4.22. The molecule has 0 saturated carbocycles. The van der Waals surface area contributed by atoms with Crippen LogP contribution >= 0.6 is 0 Å². The summed E-state index contributed by atoms with van der Waals surface area (Å²) in [7, 11) is 0.103. The molecule has 0 aliphatic rings. The van der Waals surface area contributed by atoms with Crippen molar-refractivity contribution in [2.75, 3.05) is 6.54 Å². The molecule has 0 aromatic rings. The van der Waals surface area contributed by atoms with E-state index in [-0.39, 0.29) is 9.68 Å². The van der Waals surface area contributed by atoms with E-state index in [1.165, 1.54) is 13.0 Å². The Morgan fingerprint density at radius 3 is 2.11 bits per heavy atom. The second-order valence-electron chi connectivity index (χ2n) is 2.72. The van der Waals surface area contributed by atoms with Crippen LogP contribution in [-0.4, -0.2) is 26.8 Å². The lowest BCUT2D eigenvalue weighted by atomic mass is 10.4. The van der Waals surface area contributed by atoms with Gasteiger partial charge in [-0.3, -0.25) is 0 Å². The van der Waals surface area contributed by atoms with Crippen LogP contribution in [0.25, 0.3) is 0 Å². The van der Waals surface area contributed by atoms with Crippen LogP contribution in [0.5, 0.6) is 0 Å². The summed E-state index contributed by atoms with van der Waals surface area (Å²) in [5.41, 5.74) is 0. The molecule has 0 atom stereocenters. The SMILES string of the molecule is CCCN([SiH2]C)C(C)C. The highest BCUT2D eigenvalue weighted by Gasteiger charge is 2.03. The number of hydrogen-bond donors (Lipinski definition) is 0. The van der Waals surface area contributed by atoms with Crippen molar-refractivity contribution in [2.45, 2.75) is 39.8 Å². The lowest BCUT2D eigenvalue weighted by Gasteiger charge is -2.23. The molecule has 0 saturated heterocycles. The molecule has 0 aliphatic carbocycles. The minimum atomic E-state index is 0.103. The molecule has 0 aliphatic heterocycles. The highest BCUT2D eigenvalue weighted by molar-refractivity contribution is 6.29. The Hall–Kier alpha value is 0.177. The Morgan fingerprint density at radius 1 is 1.44 bits per heavy atom. The maximum atomic E-state index is 2.61. The van der Waals surface area contributed by atoms with E-state index in [9.17, 15) is 0 Å². The summed E-state index contributed by atoms with van der Waals surface area (Å²) in [6.07, 6.45) is 1.30. The Balaban J connectivity index is 3.41. The molecule has 0 aromatic heterocycles. The molecule has 0 rings (SSSR count). The Kier molecular flexibility index (Phi) is 5.10. The third kappa shape index (κ3) is 3.70. The van der Waals surface area contributed by atoms with E-state index in [0.29, 0.717) is 0 Å². The third-order valence-corrected chi connectivity index (χ3v) is 3.51. The standard InChI is InChI=1S/C7H19NSi/c1-5-6-8(9-4)7(2)3/h7H,5-6,9H2,1-4H3. The van der Waals surface area contributed by atoms with Crippen LogP contribution in [0.15, 0.2) is 0 Å². The number of nitrogens with zero attached hydrogens (tertiary/aromatic N) is 1. The van der Waals surface area contributed by atoms with E-state index in [1.807, 2.05) is 0 Å². The topological polar surface area (TPSA) is 3.24 Å². The van der Waals surface area contributed by atoms with Crippen LogP contribution < -0.4 is 0 Å². The molecule has 0 bridgehead atoms. The second kappa shape index (κ2) is 5.00. The molecular weight excluding hydrogens is 126 g/mol. The van der Waals surface area contributed by atoms with E-state index in [0.717, 1.165) is 6.04 Å². The minimum Gasteiger partial charge on any atom is -0.327 e. The molecule has 0 heterocycles. The van der Waals surface area contributed by atoms with Crippen molar-refractivity contribution >= 4 is 9.68 Å². The van der Waals surface area contributed by atoms with Crippen LogP contribution in [0.2, 0.25) is 6.55 Å². The van der Waals surface area contributed by atoms with Gasteiger partial charge in [0.2, 0.25) is 0 Å². The van der Waals surface area contributed by atoms with E-state index in [1.54, 1.807) is 0 Å². The first kappa shape index (κ1) is 9.18. The Labute approximate surface area is 61.3 Å². The maximum absolute atomic E-state index is 2.61. The van der Waals surface area contributed by atoms with Crippen LogP contribution in [-0.2, 0) is 0 Å². The molecule has 0 unspecified atom stereocenters. The molecule has 0 N–H and O–H groups in total. The van der Waals surface area contributed by atoms with Crippen molar-refractivity contribution in [3.05, 3.63) is 0 Å². The quantitative estimate of drug-likeness (QED) is 0.538. The average Bonchev–Trinajstić information content (AvgIpc) is 1.82. The van der Waals surface area contributed by atoms with Gasteiger partial charge in [0.05, 0.1) is 9.68 Å². The molecule has 0 spiro atoms. The average molecular weight is 145 g/mol. The molecular formula is C7H19NSi. The normalized spacial score (nSPS) is 12.7. The second-order valence-corrected chi connectivity index (χ2v) is 4.17. The van der Waals surface area contributed by atoms with Gasteiger partial charge in [-0.05, 0) is 19.0 Å². The fraction of sp³-hybridized carbons (Fsp3) is 1.00. The van der Waals surface area contributed by atoms with E-state index in [2.05, 4.69) is 31.9 Å². The molecule has 0 radical (unpaired) electrons. The van der Waals surface area contributed by atoms with Crippen LogP contribution in [0.3, 0.4) is 0 Å². The first-order valence-electron chi connectivity index (χ1n) is 3.96. The maximum Gasteiger partial charge on any atom is 0.0923 e. The predicted molar refractivity (Wildman–Crippen MR) is 46.5 cm³/mol. The zero-order valence-corrected chi connectivity index (χ0v) is 8.56. The summed E-state index contributed by atoms with van der Waals surface area (Å²) in [5.74, 6) is 0. The summed E-state index contributed by atoms with van der Waals surface area (Å²) in [6.45, 7) is 10.5. The van der Waals surface area contributed by atoms with E-state index >= 15 is 0 Å². The highest BCUT2D eigenvalue weighted by atomic mass is 28.2. The molecule has 0 fully saturated rings. The minimum absolute atomic E-state index is 0.103. The zero-order chi connectivity index (χ0) is 7.28.